The zero-order valence-corrected chi connectivity index (χ0v) is 10.8. The van der Waals surface area contributed by atoms with Gasteiger partial charge in [0.2, 0.25) is 5.91 Å². The van der Waals surface area contributed by atoms with E-state index in [0.717, 1.165) is 16.9 Å². The molecule has 19 heavy (non-hydrogen) atoms. The second-order valence-electron chi connectivity index (χ2n) is 4.45. The number of nitrogen functional groups attached to an aromatic ring is 1. The van der Waals surface area contributed by atoms with Crippen LogP contribution in [-0.2, 0) is 11.2 Å². The predicted molar refractivity (Wildman–Crippen MR) is 75.4 cm³/mol. The van der Waals surface area contributed by atoms with Crippen LogP contribution in [-0.4, -0.2) is 10.9 Å². The highest BCUT2D eigenvalue weighted by Crippen LogP contribution is 2.14. The number of rotatable bonds is 4. The van der Waals surface area contributed by atoms with Crippen LogP contribution in [0, 0.1) is 0 Å². The van der Waals surface area contributed by atoms with E-state index in [1.807, 2.05) is 49.4 Å². The second-order valence-corrected chi connectivity index (χ2v) is 4.45. The molecule has 2 aromatic rings. The first kappa shape index (κ1) is 13.1. The zero-order valence-electron chi connectivity index (χ0n) is 10.8. The quantitative estimate of drug-likeness (QED) is 0.822. The summed E-state index contributed by atoms with van der Waals surface area (Å²) in [4.78, 5) is 16.0. The van der Waals surface area contributed by atoms with E-state index in [0.29, 0.717) is 6.42 Å². The van der Waals surface area contributed by atoms with Gasteiger partial charge in [0.15, 0.2) is 0 Å². The second kappa shape index (κ2) is 6.00. The van der Waals surface area contributed by atoms with Crippen molar-refractivity contribution >= 4 is 11.6 Å². The first-order valence-electron chi connectivity index (χ1n) is 6.20. The van der Waals surface area contributed by atoms with Crippen molar-refractivity contribution in [3.63, 3.8) is 0 Å². The number of benzene rings is 1. The summed E-state index contributed by atoms with van der Waals surface area (Å²) in [6, 6.07) is 13.0. The Morgan fingerprint density at radius 2 is 2.00 bits per heavy atom. The van der Waals surface area contributed by atoms with Crippen LogP contribution in [0.1, 0.15) is 24.2 Å². The summed E-state index contributed by atoms with van der Waals surface area (Å²) >= 11 is 0. The lowest BCUT2D eigenvalue weighted by Crippen LogP contribution is -2.28. The van der Waals surface area contributed by atoms with E-state index in [1.54, 1.807) is 6.20 Å². The highest BCUT2D eigenvalue weighted by molar-refractivity contribution is 5.78. The molecule has 0 bridgehead atoms. The predicted octanol–water partition coefficient (Wildman–Crippen LogP) is 2.08. The van der Waals surface area contributed by atoms with E-state index in [4.69, 9.17) is 5.73 Å². The molecule has 0 saturated carbocycles. The van der Waals surface area contributed by atoms with Gasteiger partial charge in [0.25, 0.3) is 0 Å². The number of carbonyl (C=O) groups excluding carboxylic acids is 1. The Bertz CT molecular complexity index is 537. The standard InChI is InChI=1S/C15H17N3O/c1-11(12-5-7-13(16)8-6-12)18-15(19)10-14-4-2-3-9-17-14/h2-9,11H,10,16H2,1H3,(H,18,19). The Balaban J connectivity index is 1.93. The molecule has 0 aliphatic carbocycles. The molecular formula is C15H17N3O. The molecule has 1 atom stereocenters. The summed E-state index contributed by atoms with van der Waals surface area (Å²) in [5.74, 6) is -0.0389. The monoisotopic (exact) mass is 255 g/mol. The molecular weight excluding hydrogens is 238 g/mol. The Kier molecular flexibility index (Phi) is 4.13. The van der Waals surface area contributed by atoms with E-state index in [2.05, 4.69) is 10.3 Å². The Morgan fingerprint density at radius 1 is 1.26 bits per heavy atom. The van der Waals surface area contributed by atoms with Crippen molar-refractivity contribution in [3.8, 4) is 0 Å². The maximum absolute atomic E-state index is 11.9. The van der Waals surface area contributed by atoms with Crippen molar-refractivity contribution in [1.82, 2.24) is 10.3 Å². The number of aromatic nitrogens is 1. The van der Waals surface area contributed by atoms with Crippen molar-refractivity contribution in [2.24, 2.45) is 0 Å². The lowest BCUT2D eigenvalue weighted by Gasteiger charge is -2.14. The number of hydrogen-bond donors (Lipinski definition) is 2. The number of amides is 1. The average Bonchev–Trinajstić information content (AvgIpc) is 2.40. The van der Waals surface area contributed by atoms with Crippen LogP contribution in [0.25, 0.3) is 0 Å². The van der Waals surface area contributed by atoms with Gasteiger partial charge in [0.1, 0.15) is 0 Å². The molecule has 1 heterocycles. The molecule has 0 saturated heterocycles. The maximum atomic E-state index is 11.9. The molecule has 0 fully saturated rings. The van der Waals surface area contributed by atoms with Gasteiger partial charge in [-0.15, -0.1) is 0 Å². The molecule has 98 valence electrons. The molecule has 1 aromatic heterocycles. The van der Waals surface area contributed by atoms with E-state index in [9.17, 15) is 4.79 Å². The molecule has 0 radical (unpaired) electrons. The highest BCUT2D eigenvalue weighted by Gasteiger charge is 2.10. The first-order valence-corrected chi connectivity index (χ1v) is 6.20. The molecule has 1 unspecified atom stereocenters. The third-order valence-corrected chi connectivity index (χ3v) is 2.88. The number of carbonyl (C=O) groups is 1. The minimum absolute atomic E-state index is 0.0389. The van der Waals surface area contributed by atoms with Crippen molar-refractivity contribution < 1.29 is 4.79 Å². The number of anilines is 1. The van der Waals surface area contributed by atoms with Crippen LogP contribution < -0.4 is 11.1 Å². The van der Waals surface area contributed by atoms with Crippen molar-refractivity contribution in [2.45, 2.75) is 19.4 Å². The van der Waals surface area contributed by atoms with Crippen LogP contribution >= 0.6 is 0 Å². The van der Waals surface area contributed by atoms with Crippen molar-refractivity contribution in [3.05, 3.63) is 59.9 Å². The minimum Gasteiger partial charge on any atom is -0.399 e. The summed E-state index contributed by atoms with van der Waals surface area (Å²) in [5, 5.41) is 2.94. The Morgan fingerprint density at radius 3 is 2.63 bits per heavy atom. The van der Waals surface area contributed by atoms with Crippen molar-refractivity contribution in [2.75, 3.05) is 5.73 Å². The maximum Gasteiger partial charge on any atom is 0.226 e. The molecule has 1 amide bonds. The Hall–Kier alpha value is -2.36. The summed E-state index contributed by atoms with van der Waals surface area (Å²) in [6.07, 6.45) is 1.98. The molecule has 2 rings (SSSR count). The topological polar surface area (TPSA) is 68.0 Å². The van der Waals surface area contributed by atoms with Gasteiger partial charge in [-0.05, 0) is 36.8 Å². The lowest BCUT2D eigenvalue weighted by molar-refractivity contribution is -0.121. The highest BCUT2D eigenvalue weighted by atomic mass is 16.1. The van der Waals surface area contributed by atoms with E-state index in [-0.39, 0.29) is 11.9 Å². The van der Waals surface area contributed by atoms with E-state index >= 15 is 0 Å². The molecule has 1 aromatic carbocycles. The van der Waals surface area contributed by atoms with Gasteiger partial charge < -0.3 is 11.1 Å². The van der Waals surface area contributed by atoms with Crippen LogP contribution in [0.2, 0.25) is 0 Å². The fourth-order valence-corrected chi connectivity index (χ4v) is 1.83. The molecule has 0 aliphatic rings. The smallest absolute Gasteiger partial charge is 0.226 e. The molecule has 4 nitrogen and oxygen atoms in total. The molecule has 4 heteroatoms. The van der Waals surface area contributed by atoms with Crippen molar-refractivity contribution in [1.29, 1.82) is 0 Å². The van der Waals surface area contributed by atoms with Gasteiger partial charge in [0, 0.05) is 17.6 Å². The molecule has 0 aliphatic heterocycles. The van der Waals surface area contributed by atoms with Crippen LogP contribution in [0.3, 0.4) is 0 Å². The van der Waals surface area contributed by atoms with Gasteiger partial charge in [0.05, 0.1) is 12.5 Å². The SMILES string of the molecule is CC(NC(=O)Cc1ccccn1)c1ccc(N)cc1. The summed E-state index contributed by atoms with van der Waals surface area (Å²) < 4.78 is 0. The number of nitrogens with one attached hydrogen (secondary N) is 1. The van der Waals surface area contributed by atoms with E-state index < -0.39 is 0 Å². The third-order valence-electron chi connectivity index (χ3n) is 2.88. The zero-order chi connectivity index (χ0) is 13.7. The van der Waals surface area contributed by atoms with Crippen LogP contribution in [0.4, 0.5) is 5.69 Å². The average molecular weight is 255 g/mol. The number of hydrogen-bond acceptors (Lipinski definition) is 3. The minimum atomic E-state index is -0.0446. The van der Waals surface area contributed by atoms with Gasteiger partial charge >= 0.3 is 0 Å². The number of pyridine rings is 1. The molecule has 3 N–H and O–H groups in total. The van der Waals surface area contributed by atoms with E-state index in [1.165, 1.54) is 0 Å². The van der Waals surface area contributed by atoms with Gasteiger partial charge in [-0.2, -0.15) is 0 Å². The van der Waals surface area contributed by atoms with Gasteiger partial charge in [-0.3, -0.25) is 9.78 Å². The first-order chi connectivity index (χ1) is 9.15. The Labute approximate surface area is 112 Å². The van der Waals surface area contributed by atoms with Gasteiger partial charge in [-0.25, -0.2) is 0 Å². The van der Waals surface area contributed by atoms with Crippen LogP contribution in [0.5, 0.6) is 0 Å². The largest absolute Gasteiger partial charge is 0.399 e. The number of nitrogens with zero attached hydrogens (tertiary/aromatic N) is 1. The molecule has 0 spiro atoms. The van der Waals surface area contributed by atoms with Crippen LogP contribution in [0.15, 0.2) is 48.7 Å². The lowest BCUT2D eigenvalue weighted by atomic mass is 10.1. The summed E-state index contributed by atoms with van der Waals surface area (Å²) in [7, 11) is 0. The fraction of sp³-hybridized carbons (Fsp3) is 0.200. The normalized spacial score (nSPS) is 11.8. The van der Waals surface area contributed by atoms with Gasteiger partial charge in [-0.1, -0.05) is 18.2 Å². The summed E-state index contributed by atoms with van der Waals surface area (Å²) in [6.45, 7) is 1.95. The third kappa shape index (κ3) is 3.81. The fourth-order valence-electron chi connectivity index (χ4n) is 1.83. The summed E-state index contributed by atoms with van der Waals surface area (Å²) in [5.41, 5.74) is 8.15. The number of nitrogens with two attached hydrogens (primary N) is 1.